The van der Waals surface area contributed by atoms with Crippen LogP contribution in [0.5, 0.6) is 0 Å². The Morgan fingerprint density at radius 3 is 2.91 bits per heavy atom. The third-order valence-electron chi connectivity index (χ3n) is 7.18. The molecule has 0 radical (unpaired) electrons. The third kappa shape index (κ3) is 4.20. The molecule has 0 saturated carbocycles. The van der Waals surface area contributed by atoms with E-state index in [9.17, 15) is 9.18 Å². The van der Waals surface area contributed by atoms with Gasteiger partial charge in [-0.3, -0.25) is 4.79 Å². The molecule has 35 heavy (non-hydrogen) atoms. The Morgan fingerprint density at radius 2 is 2.03 bits per heavy atom. The summed E-state index contributed by atoms with van der Waals surface area (Å²) in [6.07, 6.45) is 5.02. The molecule has 1 aliphatic heterocycles. The number of aromatic nitrogens is 3. The molecular formula is C27H28FN5OS. The number of hydrogen-bond acceptors (Lipinski definition) is 5. The van der Waals surface area contributed by atoms with Crippen LogP contribution in [0.3, 0.4) is 0 Å². The number of thiazole rings is 1. The molecule has 1 saturated heterocycles. The maximum absolute atomic E-state index is 13.8. The molecule has 2 atom stereocenters. The van der Waals surface area contributed by atoms with Gasteiger partial charge in [0.1, 0.15) is 5.82 Å². The Bertz CT molecular complexity index is 1400. The van der Waals surface area contributed by atoms with Crippen LogP contribution in [0.1, 0.15) is 48.5 Å². The second-order valence-corrected chi connectivity index (χ2v) is 10.5. The number of amides is 1. The Hall–Kier alpha value is -3.26. The summed E-state index contributed by atoms with van der Waals surface area (Å²) in [6, 6.07) is 15.0. The van der Waals surface area contributed by atoms with Crippen molar-refractivity contribution >= 4 is 32.7 Å². The molecule has 1 fully saturated rings. The number of nitrogens with zero attached hydrogens (tertiary/aromatic N) is 4. The lowest BCUT2D eigenvalue weighted by Crippen LogP contribution is -2.44. The minimum absolute atomic E-state index is 0.0642. The number of aryl methyl sites for hydroxylation is 2. The van der Waals surface area contributed by atoms with Gasteiger partial charge in [-0.25, -0.2) is 9.07 Å². The van der Waals surface area contributed by atoms with E-state index in [2.05, 4.69) is 39.6 Å². The zero-order chi connectivity index (χ0) is 23.9. The van der Waals surface area contributed by atoms with Crippen molar-refractivity contribution in [3.8, 4) is 5.69 Å². The lowest BCUT2D eigenvalue weighted by atomic mass is 9.87. The SMILES string of the molecule is Cc1nn(-c2cccc(F)c2)c2nc(N3CCC[C@H](C(=O)N[C@@H]4CCCc5ccccc54)C3)sc12. The fraction of sp³-hybridized carbons (Fsp3) is 0.370. The first-order valence-corrected chi connectivity index (χ1v) is 13.1. The normalized spacial score (nSPS) is 20.1. The Kier molecular flexibility index (Phi) is 5.76. The van der Waals surface area contributed by atoms with Crippen LogP contribution < -0.4 is 10.2 Å². The van der Waals surface area contributed by atoms with E-state index in [-0.39, 0.29) is 23.7 Å². The fourth-order valence-corrected chi connectivity index (χ4v) is 6.43. The second kappa shape index (κ2) is 9.07. The minimum Gasteiger partial charge on any atom is -0.349 e. The van der Waals surface area contributed by atoms with Crippen LogP contribution in [-0.4, -0.2) is 33.8 Å². The van der Waals surface area contributed by atoms with E-state index < -0.39 is 0 Å². The minimum atomic E-state index is -0.301. The summed E-state index contributed by atoms with van der Waals surface area (Å²) in [5.41, 5.74) is 4.88. The van der Waals surface area contributed by atoms with Crippen molar-refractivity contribution in [3.05, 3.63) is 71.2 Å². The van der Waals surface area contributed by atoms with Crippen LogP contribution in [0.15, 0.2) is 48.5 Å². The Morgan fingerprint density at radius 1 is 1.14 bits per heavy atom. The standard InChI is InChI=1S/C27H28FN5OS/c1-17-24-25(33(31-17)21-11-5-10-20(28)15-21)30-27(35-24)32-14-6-9-19(16-32)26(34)29-23-13-4-8-18-7-2-3-12-22(18)23/h2-3,5,7,10-12,15,19,23H,4,6,8-9,13-14,16H2,1H3,(H,29,34)/t19-,23+/m0/s1. The van der Waals surface area contributed by atoms with Crippen LogP contribution in [0.4, 0.5) is 9.52 Å². The van der Waals surface area contributed by atoms with Gasteiger partial charge in [-0.05, 0) is 68.4 Å². The van der Waals surface area contributed by atoms with Crippen LogP contribution in [0.25, 0.3) is 16.0 Å². The molecule has 6 rings (SSSR count). The summed E-state index contributed by atoms with van der Waals surface area (Å²) >= 11 is 1.60. The van der Waals surface area contributed by atoms with Gasteiger partial charge in [0.2, 0.25) is 5.91 Å². The topological polar surface area (TPSA) is 63.1 Å². The molecule has 6 nitrogen and oxygen atoms in total. The van der Waals surface area contributed by atoms with Crippen LogP contribution in [-0.2, 0) is 11.2 Å². The number of hydrogen-bond donors (Lipinski definition) is 1. The summed E-state index contributed by atoms with van der Waals surface area (Å²) < 4.78 is 16.5. The van der Waals surface area contributed by atoms with Crippen molar-refractivity contribution in [2.45, 2.75) is 45.1 Å². The molecule has 8 heteroatoms. The van der Waals surface area contributed by atoms with Crippen LogP contribution in [0, 0.1) is 18.7 Å². The molecule has 0 bridgehead atoms. The molecule has 2 aromatic heterocycles. The monoisotopic (exact) mass is 489 g/mol. The van der Waals surface area contributed by atoms with E-state index in [1.165, 1.54) is 23.3 Å². The average Bonchev–Trinajstić information content (AvgIpc) is 3.45. The maximum atomic E-state index is 13.8. The number of piperidine rings is 1. The predicted molar refractivity (Wildman–Crippen MR) is 137 cm³/mol. The summed E-state index contributed by atoms with van der Waals surface area (Å²) in [7, 11) is 0. The van der Waals surface area contributed by atoms with Gasteiger partial charge in [0, 0.05) is 13.1 Å². The van der Waals surface area contributed by atoms with Crippen molar-refractivity contribution in [1.29, 1.82) is 0 Å². The highest BCUT2D eigenvalue weighted by molar-refractivity contribution is 7.22. The molecule has 2 aromatic carbocycles. The number of halogens is 1. The highest BCUT2D eigenvalue weighted by atomic mass is 32.1. The van der Waals surface area contributed by atoms with Crippen LogP contribution >= 0.6 is 11.3 Å². The number of carbonyl (C=O) groups excluding carboxylic acids is 1. The number of carbonyl (C=O) groups is 1. The van der Waals surface area contributed by atoms with Gasteiger partial charge in [-0.2, -0.15) is 10.1 Å². The second-order valence-electron chi connectivity index (χ2n) is 9.56. The molecule has 0 spiro atoms. The number of fused-ring (bicyclic) bond motifs is 2. The summed E-state index contributed by atoms with van der Waals surface area (Å²) in [4.78, 5) is 20.4. The van der Waals surface area contributed by atoms with Gasteiger partial charge >= 0.3 is 0 Å². The van der Waals surface area contributed by atoms with Gasteiger partial charge in [0.25, 0.3) is 0 Å². The van der Waals surface area contributed by atoms with Crippen molar-refractivity contribution < 1.29 is 9.18 Å². The highest BCUT2D eigenvalue weighted by Crippen LogP contribution is 2.35. The summed E-state index contributed by atoms with van der Waals surface area (Å²) in [5, 5.41) is 8.84. The maximum Gasteiger partial charge on any atom is 0.225 e. The van der Waals surface area contributed by atoms with Gasteiger partial charge in [0.05, 0.1) is 28.0 Å². The summed E-state index contributed by atoms with van der Waals surface area (Å²) in [6.45, 7) is 3.48. The van der Waals surface area contributed by atoms with Crippen LogP contribution in [0.2, 0.25) is 0 Å². The summed E-state index contributed by atoms with van der Waals surface area (Å²) in [5.74, 6) is -0.227. The van der Waals surface area contributed by atoms with E-state index in [1.807, 2.05) is 13.0 Å². The largest absolute Gasteiger partial charge is 0.349 e. The molecule has 1 aliphatic carbocycles. The van der Waals surface area contributed by atoms with Crippen molar-refractivity contribution in [3.63, 3.8) is 0 Å². The quantitative estimate of drug-likeness (QED) is 0.420. The Balaban J connectivity index is 1.21. The molecule has 180 valence electrons. The van der Waals surface area contributed by atoms with E-state index in [4.69, 9.17) is 4.98 Å². The molecular weight excluding hydrogens is 461 g/mol. The van der Waals surface area contributed by atoms with Gasteiger partial charge in [-0.15, -0.1) is 0 Å². The first kappa shape index (κ1) is 22.2. The molecule has 1 N–H and O–H groups in total. The molecule has 0 unspecified atom stereocenters. The molecule has 4 aromatic rings. The predicted octanol–water partition coefficient (Wildman–Crippen LogP) is 5.34. The first-order chi connectivity index (χ1) is 17.1. The highest BCUT2D eigenvalue weighted by Gasteiger charge is 2.31. The van der Waals surface area contributed by atoms with Crippen molar-refractivity contribution in [2.75, 3.05) is 18.0 Å². The number of rotatable bonds is 4. The van der Waals surface area contributed by atoms with E-state index in [0.717, 1.165) is 59.8 Å². The molecule has 1 amide bonds. The average molecular weight is 490 g/mol. The van der Waals surface area contributed by atoms with Crippen molar-refractivity contribution in [2.24, 2.45) is 5.92 Å². The van der Waals surface area contributed by atoms with Gasteiger partial charge in [0.15, 0.2) is 10.8 Å². The van der Waals surface area contributed by atoms with Gasteiger partial charge in [-0.1, -0.05) is 41.7 Å². The van der Waals surface area contributed by atoms with Crippen molar-refractivity contribution in [1.82, 2.24) is 20.1 Å². The van der Waals surface area contributed by atoms with Gasteiger partial charge < -0.3 is 10.2 Å². The number of nitrogens with one attached hydrogen (secondary N) is 1. The Labute approximate surface area is 207 Å². The molecule has 2 aliphatic rings. The third-order valence-corrected chi connectivity index (χ3v) is 8.39. The first-order valence-electron chi connectivity index (χ1n) is 12.3. The van der Waals surface area contributed by atoms with E-state index >= 15 is 0 Å². The van der Waals surface area contributed by atoms with E-state index in [1.54, 1.807) is 22.1 Å². The number of benzene rings is 2. The lowest BCUT2D eigenvalue weighted by Gasteiger charge is -2.33. The van der Waals surface area contributed by atoms with E-state index in [0.29, 0.717) is 12.2 Å². The zero-order valence-corrected chi connectivity index (χ0v) is 20.5. The number of anilines is 1. The zero-order valence-electron chi connectivity index (χ0n) is 19.7. The fourth-order valence-electron chi connectivity index (χ4n) is 5.40. The smallest absolute Gasteiger partial charge is 0.225 e. The molecule has 3 heterocycles. The lowest BCUT2D eigenvalue weighted by molar-refractivity contribution is -0.126.